The molecular weight excluding hydrogens is 353 g/mol. The number of benzene rings is 2. The van der Waals surface area contributed by atoms with E-state index in [1.54, 1.807) is 31.2 Å². The van der Waals surface area contributed by atoms with Crippen LogP contribution in [0.3, 0.4) is 0 Å². The first kappa shape index (κ1) is 18.0. The summed E-state index contributed by atoms with van der Waals surface area (Å²) in [5.74, 6) is -0.127. The van der Waals surface area contributed by atoms with Crippen molar-refractivity contribution in [1.82, 2.24) is 15.3 Å². The second-order valence-electron chi connectivity index (χ2n) is 5.95. The van der Waals surface area contributed by atoms with E-state index < -0.39 is 0 Å². The minimum Gasteiger partial charge on any atom is -0.345 e. The smallest absolute Gasteiger partial charge is 0.255 e. The molecule has 6 heteroatoms. The minimum absolute atomic E-state index is 0.184. The highest BCUT2D eigenvalue weighted by molar-refractivity contribution is 6.30. The maximum atomic E-state index is 13.0. The molecule has 26 heavy (non-hydrogen) atoms. The Hall–Kier alpha value is -2.79. The molecule has 0 unspecified atom stereocenters. The summed E-state index contributed by atoms with van der Waals surface area (Å²) in [6, 6.07) is 13.0. The number of aryl methyl sites for hydroxylation is 1. The Balaban J connectivity index is 1.77. The average molecular weight is 370 g/mol. The van der Waals surface area contributed by atoms with Crippen LogP contribution in [0.5, 0.6) is 0 Å². The van der Waals surface area contributed by atoms with E-state index in [4.69, 9.17) is 11.6 Å². The Kier molecular flexibility index (Phi) is 5.28. The van der Waals surface area contributed by atoms with Crippen LogP contribution < -0.4 is 5.32 Å². The summed E-state index contributed by atoms with van der Waals surface area (Å²) in [7, 11) is 0. The number of hydrogen-bond acceptors (Lipinski definition) is 3. The molecule has 1 N–H and O–H groups in total. The van der Waals surface area contributed by atoms with Crippen molar-refractivity contribution >= 4 is 17.5 Å². The standard InChI is InChI=1S/C20H17ClFN3O/c1-12(14-3-7-16(21)8-4-14)25-20(26)18-11-23-19(24-13(18)2)15-5-9-17(22)10-6-15/h3-12H,1-2H3,(H,25,26)/t12-/m0/s1. The monoisotopic (exact) mass is 369 g/mol. The third-order valence-corrected chi connectivity index (χ3v) is 4.30. The molecule has 2 aromatic carbocycles. The second kappa shape index (κ2) is 7.62. The number of amides is 1. The van der Waals surface area contributed by atoms with Crippen molar-refractivity contribution in [3.8, 4) is 11.4 Å². The molecule has 0 fully saturated rings. The molecule has 4 nitrogen and oxygen atoms in total. The Morgan fingerprint density at radius 2 is 1.77 bits per heavy atom. The summed E-state index contributed by atoms with van der Waals surface area (Å²) in [4.78, 5) is 21.2. The van der Waals surface area contributed by atoms with E-state index in [-0.39, 0.29) is 17.8 Å². The van der Waals surface area contributed by atoms with Gasteiger partial charge in [0, 0.05) is 16.8 Å². The topological polar surface area (TPSA) is 54.9 Å². The third-order valence-electron chi connectivity index (χ3n) is 4.04. The summed E-state index contributed by atoms with van der Waals surface area (Å²) in [6.45, 7) is 3.64. The number of nitrogens with zero attached hydrogens (tertiary/aromatic N) is 2. The van der Waals surface area contributed by atoms with Gasteiger partial charge in [-0.2, -0.15) is 0 Å². The van der Waals surface area contributed by atoms with Crippen molar-refractivity contribution in [3.63, 3.8) is 0 Å². The molecule has 1 atom stereocenters. The van der Waals surface area contributed by atoms with Crippen molar-refractivity contribution in [3.05, 3.63) is 82.4 Å². The highest BCUT2D eigenvalue weighted by Gasteiger charge is 2.16. The molecular formula is C20H17ClFN3O. The van der Waals surface area contributed by atoms with Gasteiger partial charge in [0.05, 0.1) is 17.3 Å². The summed E-state index contributed by atoms with van der Waals surface area (Å²) in [6.07, 6.45) is 1.49. The average Bonchev–Trinajstić information content (AvgIpc) is 2.62. The molecule has 0 radical (unpaired) electrons. The van der Waals surface area contributed by atoms with Gasteiger partial charge in [0.15, 0.2) is 5.82 Å². The number of carbonyl (C=O) groups excluding carboxylic acids is 1. The zero-order chi connectivity index (χ0) is 18.7. The van der Waals surface area contributed by atoms with Crippen LogP contribution in [-0.4, -0.2) is 15.9 Å². The van der Waals surface area contributed by atoms with Gasteiger partial charge < -0.3 is 5.32 Å². The van der Waals surface area contributed by atoms with Crippen LogP contribution in [0.15, 0.2) is 54.7 Å². The summed E-state index contributed by atoms with van der Waals surface area (Å²) in [5.41, 5.74) is 2.59. The molecule has 0 bridgehead atoms. The van der Waals surface area contributed by atoms with Gasteiger partial charge in [0.1, 0.15) is 5.82 Å². The molecule has 132 valence electrons. The van der Waals surface area contributed by atoms with E-state index in [1.807, 2.05) is 19.1 Å². The lowest BCUT2D eigenvalue weighted by atomic mass is 10.1. The lowest BCUT2D eigenvalue weighted by molar-refractivity contribution is 0.0938. The number of halogens is 2. The van der Waals surface area contributed by atoms with Crippen LogP contribution in [0, 0.1) is 12.7 Å². The summed E-state index contributed by atoms with van der Waals surface area (Å²) < 4.78 is 13.0. The van der Waals surface area contributed by atoms with Crippen LogP contribution in [0.25, 0.3) is 11.4 Å². The fourth-order valence-electron chi connectivity index (χ4n) is 2.54. The lowest BCUT2D eigenvalue weighted by Gasteiger charge is -2.15. The number of hydrogen-bond donors (Lipinski definition) is 1. The van der Waals surface area contributed by atoms with Gasteiger partial charge in [0.2, 0.25) is 0 Å². The molecule has 0 saturated heterocycles. The predicted molar refractivity (Wildman–Crippen MR) is 99.5 cm³/mol. The van der Waals surface area contributed by atoms with Crippen molar-refractivity contribution in [2.45, 2.75) is 19.9 Å². The third kappa shape index (κ3) is 4.06. The van der Waals surface area contributed by atoms with E-state index in [2.05, 4.69) is 15.3 Å². The van der Waals surface area contributed by atoms with Crippen LogP contribution in [0.1, 0.15) is 34.6 Å². The Bertz CT molecular complexity index is 927. The first-order chi connectivity index (χ1) is 12.4. The van der Waals surface area contributed by atoms with E-state index in [0.29, 0.717) is 27.7 Å². The normalized spacial score (nSPS) is 11.8. The highest BCUT2D eigenvalue weighted by Crippen LogP contribution is 2.19. The minimum atomic E-state index is -0.322. The van der Waals surface area contributed by atoms with Gasteiger partial charge in [-0.3, -0.25) is 4.79 Å². The predicted octanol–water partition coefficient (Wildman–Crippen LogP) is 4.74. The molecule has 3 rings (SSSR count). The fourth-order valence-corrected chi connectivity index (χ4v) is 2.66. The number of carbonyl (C=O) groups is 1. The van der Waals surface area contributed by atoms with Gasteiger partial charge in [0.25, 0.3) is 5.91 Å². The SMILES string of the molecule is Cc1nc(-c2ccc(F)cc2)ncc1C(=O)N[C@@H](C)c1ccc(Cl)cc1. The molecule has 1 amide bonds. The largest absolute Gasteiger partial charge is 0.345 e. The molecule has 0 saturated carbocycles. The molecule has 0 aliphatic carbocycles. The summed E-state index contributed by atoms with van der Waals surface area (Å²) in [5, 5.41) is 3.57. The molecule has 1 aromatic heterocycles. The first-order valence-corrected chi connectivity index (χ1v) is 8.48. The van der Waals surface area contributed by atoms with Gasteiger partial charge in [-0.25, -0.2) is 14.4 Å². The van der Waals surface area contributed by atoms with Gasteiger partial charge >= 0.3 is 0 Å². The second-order valence-corrected chi connectivity index (χ2v) is 6.38. The number of aromatic nitrogens is 2. The van der Waals surface area contributed by atoms with Gasteiger partial charge in [-0.15, -0.1) is 0 Å². The van der Waals surface area contributed by atoms with E-state index in [9.17, 15) is 9.18 Å². The van der Waals surface area contributed by atoms with Crippen molar-refractivity contribution in [2.24, 2.45) is 0 Å². The first-order valence-electron chi connectivity index (χ1n) is 8.10. The lowest BCUT2D eigenvalue weighted by Crippen LogP contribution is -2.27. The zero-order valence-corrected chi connectivity index (χ0v) is 15.1. The summed E-state index contributed by atoms with van der Waals surface area (Å²) >= 11 is 5.89. The maximum Gasteiger partial charge on any atom is 0.255 e. The zero-order valence-electron chi connectivity index (χ0n) is 14.3. The van der Waals surface area contributed by atoms with E-state index in [0.717, 1.165) is 5.56 Å². The fraction of sp³-hybridized carbons (Fsp3) is 0.150. The van der Waals surface area contributed by atoms with Crippen molar-refractivity contribution in [2.75, 3.05) is 0 Å². The Labute approximate surface area is 156 Å². The van der Waals surface area contributed by atoms with Gasteiger partial charge in [-0.05, 0) is 55.8 Å². The van der Waals surface area contributed by atoms with Gasteiger partial charge in [-0.1, -0.05) is 23.7 Å². The van der Waals surface area contributed by atoms with E-state index >= 15 is 0 Å². The Morgan fingerprint density at radius 1 is 1.12 bits per heavy atom. The quantitative estimate of drug-likeness (QED) is 0.723. The van der Waals surface area contributed by atoms with Crippen LogP contribution in [0.4, 0.5) is 4.39 Å². The highest BCUT2D eigenvalue weighted by atomic mass is 35.5. The van der Waals surface area contributed by atoms with Crippen LogP contribution in [0.2, 0.25) is 5.02 Å². The molecule has 0 aliphatic rings. The maximum absolute atomic E-state index is 13.0. The molecule has 0 spiro atoms. The van der Waals surface area contributed by atoms with Crippen LogP contribution >= 0.6 is 11.6 Å². The molecule has 3 aromatic rings. The molecule has 0 aliphatic heterocycles. The number of rotatable bonds is 4. The Morgan fingerprint density at radius 3 is 2.38 bits per heavy atom. The van der Waals surface area contributed by atoms with E-state index in [1.165, 1.54) is 18.3 Å². The number of nitrogens with one attached hydrogen (secondary N) is 1. The van der Waals surface area contributed by atoms with Crippen molar-refractivity contribution in [1.29, 1.82) is 0 Å². The van der Waals surface area contributed by atoms with Crippen LogP contribution in [-0.2, 0) is 0 Å². The molecule has 1 heterocycles. The van der Waals surface area contributed by atoms with Crippen molar-refractivity contribution < 1.29 is 9.18 Å².